The van der Waals surface area contributed by atoms with Gasteiger partial charge in [0.05, 0.1) is 0 Å². The fourth-order valence-electron chi connectivity index (χ4n) is 3.43. The molecule has 2 atom stereocenters. The molecular weight excluding hydrogens is 236 g/mol. The predicted molar refractivity (Wildman–Crippen MR) is 78.6 cm³/mol. The van der Waals surface area contributed by atoms with E-state index in [1.54, 1.807) is 0 Å². The molecule has 2 N–H and O–H groups in total. The molecule has 0 aromatic carbocycles. The van der Waals surface area contributed by atoms with Crippen molar-refractivity contribution >= 4 is 5.91 Å². The van der Waals surface area contributed by atoms with E-state index < -0.39 is 0 Å². The molecule has 108 valence electrons. The Balaban J connectivity index is 1.98. The van der Waals surface area contributed by atoms with Crippen molar-refractivity contribution in [1.29, 1.82) is 0 Å². The smallest absolute Gasteiger partial charge is 0.226 e. The number of carbonyl (C=O) groups is 1. The van der Waals surface area contributed by atoms with Crippen LogP contribution in [0.5, 0.6) is 0 Å². The van der Waals surface area contributed by atoms with Gasteiger partial charge in [-0.15, -0.1) is 0 Å². The van der Waals surface area contributed by atoms with Gasteiger partial charge in [0.1, 0.15) is 0 Å². The Kier molecular flexibility index (Phi) is 4.34. The summed E-state index contributed by atoms with van der Waals surface area (Å²) < 4.78 is 0. The number of nitrogens with two attached hydrogens (primary N) is 1. The van der Waals surface area contributed by atoms with Crippen LogP contribution in [0.15, 0.2) is 11.6 Å². The van der Waals surface area contributed by atoms with E-state index in [4.69, 9.17) is 5.73 Å². The van der Waals surface area contributed by atoms with E-state index in [0.29, 0.717) is 18.4 Å². The van der Waals surface area contributed by atoms with E-state index >= 15 is 0 Å². The molecule has 0 aromatic heterocycles. The van der Waals surface area contributed by atoms with Crippen molar-refractivity contribution in [3.8, 4) is 0 Å². The van der Waals surface area contributed by atoms with Gasteiger partial charge in [-0.1, -0.05) is 38.8 Å². The highest BCUT2D eigenvalue weighted by atomic mass is 16.2. The maximum Gasteiger partial charge on any atom is 0.226 e. The molecule has 1 amide bonds. The molecule has 3 nitrogen and oxygen atoms in total. The van der Waals surface area contributed by atoms with Crippen molar-refractivity contribution in [2.24, 2.45) is 23.0 Å². The average Bonchev–Trinajstić information content (AvgIpc) is 2.85. The zero-order valence-corrected chi connectivity index (χ0v) is 12.6. The minimum absolute atomic E-state index is 0.189. The number of nitrogens with zero attached hydrogens (tertiary/aromatic N) is 1. The molecule has 1 aliphatic heterocycles. The predicted octanol–water partition coefficient (Wildman–Crippen LogP) is 2.57. The van der Waals surface area contributed by atoms with Crippen molar-refractivity contribution in [2.45, 2.75) is 46.5 Å². The van der Waals surface area contributed by atoms with Gasteiger partial charge in [-0.2, -0.15) is 0 Å². The Bertz CT molecular complexity index is 367. The molecule has 2 unspecified atom stereocenters. The van der Waals surface area contributed by atoms with Crippen LogP contribution in [0.3, 0.4) is 0 Å². The van der Waals surface area contributed by atoms with Crippen LogP contribution in [0.2, 0.25) is 0 Å². The molecule has 0 aromatic rings. The Morgan fingerprint density at radius 2 is 2.16 bits per heavy atom. The highest BCUT2D eigenvalue weighted by Gasteiger charge is 2.35. The molecule has 19 heavy (non-hydrogen) atoms. The first-order chi connectivity index (χ1) is 8.93. The lowest BCUT2D eigenvalue weighted by atomic mass is 9.82. The van der Waals surface area contributed by atoms with E-state index in [2.05, 4.69) is 26.8 Å². The van der Waals surface area contributed by atoms with Gasteiger partial charge in [0.15, 0.2) is 0 Å². The quantitative estimate of drug-likeness (QED) is 0.779. The van der Waals surface area contributed by atoms with Crippen LogP contribution < -0.4 is 5.73 Å². The fraction of sp³-hybridized carbons (Fsp3) is 0.812. The Labute approximate surface area is 117 Å². The summed E-state index contributed by atoms with van der Waals surface area (Å²) in [6.07, 6.45) is 6.61. The normalized spacial score (nSPS) is 28.4. The first kappa shape index (κ1) is 14.6. The van der Waals surface area contributed by atoms with Crippen LogP contribution in [-0.2, 0) is 4.79 Å². The van der Waals surface area contributed by atoms with Crippen LogP contribution in [0, 0.1) is 17.3 Å². The second-order valence-corrected chi connectivity index (χ2v) is 7.05. The van der Waals surface area contributed by atoms with Crippen LogP contribution in [0.4, 0.5) is 0 Å². The number of rotatable bonds is 2. The molecule has 1 saturated carbocycles. The largest absolute Gasteiger partial charge is 0.338 e. The van der Waals surface area contributed by atoms with Gasteiger partial charge in [0.25, 0.3) is 0 Å². The van der Waals surface area contributed by atoms with Gasteiger partial charge in [-0.3, -0.25) is 4.79 Å². The Hall–Kier alpha value is -0.830. The number of carbonyl (C=O) groups excluding carboxylic acids is 1. The molecule has 2 aliphatic rings. The first-order valence-electron chi connectivity index (χ1n) is 7.62. The highest BCUT2D eigenvalue weighted by Crippen LogP contribution is 2.34. The number of hydrogen-bond donors (Lipinski definition) is 1. The maximum atomic E-state index is 12.6. The summed E-state index contributed by atoms with van der Waals surface area (Å²) in [7, 11) is 0. The molecule has 1 aliphatic carbocycles. The molecule has 2 rings (SSSR count). The van der Waals surface area contributed by atoms with Crippen LogP contribution >= 0.6 is 0 Å². The van der Waals surface area contributed by atoms with E-state index in [-0.39, 0.29) is 11.3 Å². The zero-order chi connectivity index (χ0) is 14.0. The van der Waals surface area contributed by atoms with Crippen LogP contribution in [0.1, 0.15) is 46.5 Å². The molecular formula is C16H28N2O. The topological polar surface area (TPSA) is 46.3 Å². The minimum atomic E-state index is 0.189. The Morgan fingerprint density at radius 3 is 2.68 bits per heavy atom. The lowest BCUT2D eigenvalue weighted by molar-refractivity contribution is -0.136. The summed E-state index contributed by atoms with van der Waals surface area (Å²) in [4.78, 5) is 14.6. The highest BCUT2D eigenvalue weighted by molar-refractivity contribution is 5.79. The van der Waals surface area contributed by atoms with Crippen molar-refractivity contribution < 1.29 is 4.79 Å². The summed E-state index contributed by atoms with van der Waals surface area (Å²) in [6.45, 7) is 9.08. The lowest BCUT2D eigenvalue weighted by Gasteiger charge is -2.34. The van der Waals surface area contributed by atoms with E-state index in [9.17, 15) is 4.79 Å². The van der Waals surface area contributed by atoms with E-state index in [1.165, 1.54) is 5.57 Å². The van der Waals surface area contributed by atoms with Gasteiger partial charge in [-0.05, 0) is 37.1 Å². The third-order valence-electron chi connectivity index (χ3n) is 4.76. The maximum absolute atomic E-state index is 12.6. The third kappa shape index (κ3) is 3.19. The monoisotopic (exact) mass is 264 g/mol. The average molecular weight is 264 g/mol. The SMILES string of the molecule is CC(C)(C)C1=CCN(C(=O)C2CCCC2CN)CC1. The lowest BCUT2D eigenvalue weighted by Crippen LogP contribution is -2.42. The van der Waals surface area contributed by atoms with Crippen molar-refractivity contribution in [3.05, 3.63) is 11.6 Å². The third-order valence-corrected chi connectivity index (χ3v) is 4.76. The van der Waals surface area contributed by atoms with Crippen LogP contribution in [0.25, 0.3) is 0 Å². The fourth-order valence-corrected chi connectivity index (χ4v) is 3.43. The summed E-state index contributed by atoms with van der Waals surface area (Å²) >= 11 is 0. The standard InChI is InChI=1S/C16H28N2O/c1-16(2,3)13-7-9-18(10-8-13)15(19)14-6-4-5-12(14)11-17/h7,12,14H,4-6,8-11,17H2,1-3H3. The van der Waals surface area contributed by atoms with Crippen molar-refractivity contribution in [3.63, 3.8) is 0 Å². The molecule has 0 spiro atoms. The molecule has 1 heterocycles. The summed E-state index contributed by atoms with van der Waals surface area (Å²) in [5, 5.41) is 0. The van der Waals surface area contributed by atoms with Gasteiger partial charge in [0, 0.05) is 19.0 Å². The molecule has 1 fully saturated rings. The van der Waals surface area contributed by atoms with E-state index in [0.717, 1.165) is 38.8 Å². The first-order valence-corrected chi connectivity index (χ1v) is 7.62. The molecule has 0 radical (unpaired) electrons. The van der Waals surface area contributed by atoms with Gasteiger partial charge < -0.3 is 10.6 Å². The summed E-state index contributed by atoms with van der Waals surface area (Å²) in [6, 6.07) is 0. The summed E-state index contributed by atoms with van der Waals surface area (Å²) in [5.41, 5.74) is 7.51. The van der Waals surface area contributed by atoms with Crippen LogP contribution in [-0.4, -0.2) is 30.4 Å². The van der Waals surface area contributed by atoms with Gasteiger partial charge in [-0.25, -0.2) is 0 Å². The van der Waals surface area contributed by atoms with Crippen molar-refractivity contribution in [2.75, 3.05) is 19.6 Å². The van der Waals surface area contributed by atoms with Gasteiger partial charge in [0.2, 0.25) is 5.91 Å². The molecule has 0 bridgehead atoms. The second kappa shape index (κ2) is 5.66. The summed E-state index contributed by atoms with van der Waals surface area (Å²) in [5.74, 6) is 0.951. The van der Waals surface area contributed by atoms with E-state index in [1.807, 2.05) is 4.90 Å². The number of hydrogen-bond acceptors (Lipinski definition) is 2. The minimum Gasteiger partial charge on any atom is -0.338 e. The molecule has 3 heteroatoms. The number of amides is 1. The van der Waals surface area contributed by atoms with Gasteiger partial charge >= 0.3 is 0 Å². The molecule has 0 saturated heterocycles. The Morgan fingerprint density at radius 1 is 1.42 bits per heavy atom. The zero-order valence-electron chi connectivity index (χ0n) is 12.6. The second-order valence-electron chi connectivity index (χ2n) is 7.05. The van der Waals surface area contributed by atoms with Crippen molar-refractivity contribution in [1.82, 2.24) is 4.90 Å².